The van der Waals surface area contributed by atoms with Crippen molar-refractivity contribution >= 4 is 5.91 Å². The highest BCUT2D eigenvalue weighted by atomic mass is 16.3. The highest BCUT2D eigenvalue weighted by Gasteiger charge is 2.12. The predicted molar refractivity (Wildman–Crippen MR) is 81.7 cm³/mol. The third-order valence-electron chi connectivity index (χ3n) is 3.24. The van der Waals surface area contributed by atoms with Gasteiger partial charge in [-0.05, 0) is 43.4 Å². The number of benzene rings is 1. The number of phenols is 1. The first-order valence-electron chi connectivity index (χ1n) is 7.11. The summed E-state index contributed by atoms with van der Waals surface area (Å²) < 4.78 is 0. The summed E-state index contributed by atoms with van der Waals surface area (Å²) in [5.41, 5.74) is 2.79. The number of phenolic OH excluding ortho intramolecular Hbond substituents is 1. The third-order valence-corrected chi connectivity index (χ3v) is 3.24. The first kappa shape index (κ1) is 16.5. The molecule has 0 aliphatic carbocycles. The van der Waals surface area contributed by atoms with Gasteiger partial charge in [-0.3, -0.25) is 4.79 Å². The van der Waals surface area contributed by atoms with Crippen molar-refractivity contribution in [1.82, 2.24) is 10.6 Å². The van der Waals surface area contributed by atoms with Crippen molar-refractivity contribution in [3.63, 3.8) is 0 Å². The van der Waals surface area contributed by atoms with Gasteiger partial charge in [0.2, 0.25) is 5.91 Å². The van der Waals surface area contributed by atoms with E-state index in [-0.39, 0.29) is 11.9 Å². The minimum atomic E-state index is -0.233. The number of carbonyl (C=O) groups is 1. The van der Waals surface area contributed by atoms with Gasteiger partial charge in [0.1, 0.15) is 5.75 Å². The van der Waals surface area contributed by atoms with E-state index < -0.39 is 0 Å². The summed E-state index contributed by atoms with van der Waals surface area (Å²) in [6.45, 7) is 11.1. The lowest BCUT2D eigenvalue weighted by Gasteiger charge is -2.16. The van der Waals surface area contributed by atoms with E-state index in [1.165, 1.54) is 0 Å². The van der Waals surface area contributed by atoms with Gasteiger partial charge < -0.3 is 15.7 Å². The predicted octanol–water partition coefficient (Wildman–Crippen LogP) is 2.26. The molecule has 0 saturated carbocycles. The molecule has 1 amide bonds. The standard InChI is InChI=1S/C16H26N2O2/c1-10(2)8-18-16(20)13(5)17-9-14-6-11(3)15(19)12(4)7-14/h6-7,10,13,17,19H,8-9H2,1-5H3,(H,18,20). The lowest BCUT2D eigenvalue weighted by Crippen LogP contribution is -2.42. The van der Waals surface area contributed by atoms with E-state index in [0.717, 1.165) is 16.7 Å². The summed E-state index contributed by atoms with van der Waals surface area (Å²) in [4.78, 5) is 11.8. The Kier molecular flexibility index (Phi) is 6.02. The lowest BCUT2D eigenvalue weighted by molar-refractivity contribution is -0.122. The number of hydrogen-bond acceptors (Lipinski definition) is 3. The SMILES string of the molecule is Cc1cc(CNC(C)C(=O)NCC(C)C)cc(C)c1O. The van der Waals surface area contributed by atoms with Gasteiger partial charge >= 0.3 is 0 Å². The Morgan fingerprint density at radius 1 is 1.20 bits per heavy atom. The maximum atomic E-state index is 11.8. The number of carbonyl (C=O) groups excluding carboxylic acids is 1. The van der Waals surface area contributed by atoms with Crippen LogP contribution >= 0.6 is 0 Å². The van der Waals surface area contributed by atoms with E-state index in [4.69, 9.17) is 0 Å². The molecular weight excluding hydrogens is 252 g/mol. The molecule has 0 aliphatic rings. The number of hydrogen-bond donors (Lipinski definition) is 3. The molecule has 112 valence electrons. The molecular formula is C16H26N2O2. The Labute approximate surface area is 121 Å². The average Bonchev–Trinajstić information content (AvgIpc) is 2.39. The van der Waals surface area contributed by atoms with Crippen molar-refractivity contribution in [2.45, 2.75) is 47.2 Å². The van der Waals surface area contributed by atoms with Crippen molar-refractivity contribution in [3.05, 3.63) is 28.8 Å². The maximum absolute atomic E-state index is 11.8. The van der Waals surface area contributed by atoms with Gasteiger partial charge in [0.25, 0.3) is 0 Å². The highest BCUT2D eigenvalue weighted by Crippen LogP contribution is 2.22. The van der Waals surface area contributed by atoms with Gasteiger partial charge in [0.05, 0.1) is 6.04 Å². The van der Waals surface area contributed by atoms with Gasteiger partial charge in [-0.2, -0.15) is 0 Å². The van der Waals surface area contributed by atoms with Gasteiger partial charge in [-0.15, -0.1) is 0 Å². The van der Waals surface area contributed by atoms with Crippen LogP contribution in [0.2, 0.25) is 0 Å². The highest BCUT2D eigenvalue weighted by molar-refractivity contribution is 5.81. The lowest BCUT2D eigenvalue weighted by atomic mass is 10.1. The molecule has 1 unspecified atom stereocenters. The van der Waals surface area contributed by atoms with Crippen LogP contribution in [0.1, 0.15) is 37.5 Å². The fourth-order valence-corrected chi connectivity index (χ4v) is 1.97. The van der Waals surface area contributed by atoms with E-state index in [2.05, 4.69) is 24.5 Å². The second kappa shape index (κ2) is 7.29. The minimum Gasteiger partial charge on any atom is -0.507 e. The van der Waals surface area contributed by atoms with Crippen molar-refractivity contribution in [2.75, 3.05) is 6.54 Å². The van der Waals surface area contributed by atoms with Crippen LogP contribution < -0.4 is 10.6 Å². The molecule has 4 heteroatoms. The van der Waals surface area contributed by atoms with Gasteiger partial charge in [0.15, 0.2) is 0 Å². The molecule has 3 N–H and O–H groups in total. The maximum Gasteiger partial charge on any atom is 0.236 e. The molecule has 0 spiro atoms. The fraction of sp³-hybridized carbons (Fsp3) is 0.562. The topological polar surface area (TPSA) is 61.4 Å². The van der Waals surface area contributed by atoms with E-state index in [0.29, 0.717) is 24.8 Å². The third kappa shape index (κ3) is 4.85. The molecule has 0 fully saturated rings. The molecule has 0 bridgehead atoms. The second-order valence-electron chi connectivity index (χ2n) is 5.82. The van der Waals surface area contributed by atoms with Gasteiger partial charge in [-0.1, -0.05) is 26.0 Å². The van der Waals surface area contributed by atoms with Crippen LogP contribution in [-0.4, -0.2) is 23.6 Å². The van der Waals surface area contributed by atoms with Crippen LogP contribution in [0.15, 0.2) is 12.1 Å². The number of amides is 1. The van der Waals surface area contributed by atoms with E-state index in [1.54, 1.807) is 0 Å². The van der Waals surface area contributed by atoms with E-state index >= 15 is 0 Å². The van der Waals surface area contributed by atoms with Crippen LogP contribution in [0.25, 0.3) is 0 Å². The van der Waals surface area contributed by atoms with Crippen LogP contribution in [0.4, 0.5) is 0 Å². The summed E-state index contributed by atoms with van der Waals surface area (Å²) in [7, 11) is 0. The molecule has 1 aromatic rings. The molecule has 4 nitrogen and oxygen atoms in total. The molecule has 0 heterocycles. The van der Waals surface area contributed by atoms with Gasteiger partial charge in [-0.25, -0.2) is 0 Å². The molecule has 20 heavy (non-hydrogen) atoms. The summed E-state index contributed by atoms with van der Waals surface area (Å²) in [5.74, 6) is 0.816. The first-order valence-corrected chi connectivity index (χ1v) is 7.11. The van der Waals surface area contributed by atoms with Crippen molar-refractivity contribution in [3.8, 4) is 5.75 Å². The number of aromatic hydroxyl groups is 1. The summed E-state index contributed by atoms with van der Waals surface area (Å²) in [6.07, 6.45) is 0. The molecule has 1 atom stereocenters. The fourth-order valence-electron chi connectivity index (χ4n) is 1.97. The van der Waals surface area contributed by atoms with Crippen LogP contribution in [0, 0.1) is 19.8 Å². The molecule has 0 saturated heterocycles. The largest absolute Gasteiger partial charge is 0.507 e. The van der Waals surface area contributed by atoms with Crippen LogP contribution in [-0.2, 0) is 11.3 Å². The summed E-state index contributed by atoms with van der Waals surface area (Å²) in [5, 5.41) is 15.8. The van der Waals surface area contributed by atoms with Crippen molar-refractivity contribution < 1.29 is 9.90 Å². The zero-order valence-corrected chi connectivity index (χ0v) is 13.1. The molecule has 0 radical (unpaired) electrons. The number of aryl methyl sites for hydroxylation is 2. The Bertz CT molecular complexity index is 447. The van der Waals surface area contributed by atoms with Crippen LogP contribution in [0.3, 0.4) is 0 Å². The summed E-state index contributed by atoms with van der Waals surface area (Å²) in [6, 6.07) is 3.64. The summed E-state index contributed by atoms with van der Waals surface area (Å²) >= 11 is 0. The van der Waals surface area contributed by atoms with Crippen LogP contribution in [0.5, 0.6) is 5.75 Å². The monoisotopic (exact) mass is 278 g/mol. The van der Waals surface area contributed by atoms with E-state index in [1.807, 2.05) is 32.9 Å². The van der Waals surface area contributed by atoms with Crippen molar-refractivity contribution in [1.29, 1.82) is 0 Å². The molecule has 0 aliphatic heterocycles. The average molecular weight is 278 g/mol. The Balaban J connectivity index is 2.52. The van der Waals surface area contributed by atoms with E-state index in [9.17, 15) is 9.90 Å². The zero-order valence-electron chi connectivity index (χ0n) is 13.1. The van der Waals surface area contributed by atoms with Gasteiger partial charge in [0, 0.05) is 13.1 Å². The Morgan fingerprint density at radius 2 is 1.75 bits per heavy atom. The minimum absolute atomic E-state index is 0.0194. The quantitative estimate of drug-likeness (QED) is 0.748. The molecule has 1 rings (SSSR count). The normalized spacial score (nSPS) is 12.5. The smallest absolute Gasteiger partial charge is 0.236 e. The zero-order chi connectivity index (χ0) is 15.3. The number of rotatable bonds is 6. The Morgan fingerprint density at radius 3 is 2.25 bits per heavy atom. The molecule has 0 aromatic heterocycles. The van der Waals surface area contributed by atoms with Crippen molar-refractivity contribution in [2.24, 2.45) is 5.92 Å². The Hall–Kier alpha value is -1.55. The first-order chi connectivity index (χ1) is 9.31. The second-order valence-corrected chi connectivity index (χ2v) is 5.82. The molecule has 1 aromatic carbocycles. The number of nitrogens with one attached hydrogen (secondary N) is 2.